The number of sulfonamides is 1. The number of amides is 1. The van der Waals surface area contributed by atoms with Gasteiger partial charge >= 0.3 is 0 Å². The van der Waals surface area contributed by atoms with Crippen molar-refractivity contribution in [3.63, 3.8) is 0 Å². The average Bonchev–Trinajstić information content (AvgIpc) is 3.13. The van der Waals surface area contributed by atoms with Crippen LogP contribution in [0.1, 0.15) is 11.1 Å². The van der Waals surface area contributed by atoms with Crippen molar-refractivity contribution in [3.8, 4) is 11.5 Å². The minimum atomic E-state index is -4.14. The monoisotopic (exact) mass is 455 g/mol. The lowest BCUT2D eigenvalue weighted by molar-refractivity contribution is -0.115. The minimum absolute atomic E-state index is 0.0237. The number of aromatic nitrogens is 1. The lowest BCUT2D eigenvalue weighted by Crippen LogP contribution is -2.16. The van der Waals surface area contributed by atoms with Crippen molar-refractivity contribution in [1.29, 1.82) is 0 Å². The molecule has 1 heterocycles. The van der Waals surface area contributed by atoms with Crippen molar-refractivity contribution in [1.82, 2.24) is 4.98 Å². The van der Waals surface area contributed by atoms with Crippen LogP contribution in [0.4, 0.5) is 5.69 Å². The van der Waals surface area contributed by atoms with Gasteiger partial charge in [-0.2, -0.15) is 0 Å². The molecule has 0 saturated heterocycles. The molecule has 31 heavy (non-hydrogen) atoms. The molecule has 0 radical (unpaired) electrons. The van der Waals surface area contributed by atoms with E-state index in [9.17, 15) is 13.2 Å². The van der Waals surface area contributed by atoms with Crippen molar-refractivity contribution in [2.24, 2.45) is 5.14 Å². The molecule has 0 bridgehead atoms. The molecule has 0 aliphatic carbocycles. The standard InChI is InChI=1S/C22H18ClN3O4S/c1-13-6-8-14(9-7-13)22-26-18-11-16(12-19(21(18)30-22)31(24,28)29)25-20(27)10-15-4-2-3-5-17(15)23/h2-9,11-12H,10H2,1H3,(H,25,27)(H2,24,28,29). The van der Waals surface area contributed by atoms with Crippen LogP contribution < -0.4 is 10.5 Å². The van der Waals surface area contributed by atoms with Crippen LogP contribution in [0.5, 0.6) is 0 Å². The zero-order valence-corrected chi connectivity index (χ0v) is 18.0. The van der Waals surface area contributed by atoms with E-state index in [1.54, 1.807) is 24.3 Å². The first kappa shape index (κ1) is 21.0. The fourth-order valence-corrected chi connectivity index (χ4v) is 4.02. The molecule has 0 spiro atoms. The minimum Gasteiger partial charge on any atom is -0.435 e. The highest BCUT2D eigenvalue weighted by atomic mass is 35.5. The zero-order valence-electron chi connectivity index (χ0n) is 16.4. The molecule has 4 rings (SSSR count). The average molecular weight is 456 g/mol. The Morgan fingerprint density at radius 3 is 2.52 bits per heavy atom. The van der Waals surface area contributed by atoms with E-state index >= 15 is 0 Å². The van der Waals surface area contributed by atoms with Crippen molar-refractivity contribution in [2.75, 3.05) is 5.32 Å². The lowest BCUT2D eigenvalue weighted by Gasteiger charge is -2.08. The third-order valence-corrected chi connectivity index (χ3v) is 5.94. The van der Waals surface area contributed by atoms with Crippen LogP contribution in [0.3, 0.4) is 0 Å². The first-order valence-corrected chi connectivity index (χ1v) is 11.2. The Labute approximate surface area is 183 Å². The van der Waals surface area contributed by atoms with Crippen LogP contribution in [-0.2, 0) is 21.2 Å². The summed E-state index contributed by atoms with van der Waals surface area (Å²) < 4.78 is 30.1. The molecule has 0 aliphatic heterocycles. The summed E-state index contributed by atoms with van der Waals surface area (Å²) in [6.07, 6.45) is 0.0237. The number of primary sulfonamides is 1. The maximum absolute atomic E-state index is 12.5. The number of nitrogens with one attached hydrogen (secondary N) is 1. The summed E-state index contributed by atoms with van der Waals surface area (Å²) in [5, 5.41) is 8.54. The Hall–Kier alpha value is -3.20. The summed E-state index contributed by atoms with van der Waals surface area (Å²) in [7, 11) is -4.14. The highest BCUT2D eigenvalue weighted by molar-refractivity contribution is 7.89. The molecule has 0 unspecified atom stereocenters. The summed E-state index contributed by atoms with van der Waals surface area (Å²) in [6.45, 7) is 1.95. The number of carbonyl (C=O) groups excluding carboxylic acids is 1. The van der Waals surface area contributed by atoms with Crippen molar-refractivity contribution >= 4 is 44.3 Å². The molecule has 9 heteroatoms. The Morgan fingerprint density at radius 1 is 1.13 bits per heavy atom. The summed E-state index contributed by atoms with van der Waals surface area (Å²) in [5.41, 5.74) is 2.92. The van der Waals surface area contributed by atoms with Gasteiger partial charge in [-0.3, -0.25) is 4.79 Å². The van der Waals surface area contributed by atoms with Crippen molar-refractivity contribution in [2.45, 2.75) is 18.2 Å². The predicted octanol–water partition coefficient (Wildman–Crippen LogP) is 4.29. The van der Waals surface area contributed by atoms with Crippen LogP contribution in [0.2, 0.25) is 5.02 Å². The Balaban J connectivity index is 1.72. The fourth-order valence-electron chi connectivity index (χ4n) is 3.13. The SMILES string of the molecule is Cc1ccc(-c2nc3cc(NC(=O)Cc4ccccc4Cl)cc(S(N)(=O)=O)c3o2)cc1. The third-order valence-electron chi connectivity index (χ3n) is 4.65. The van der Waals surface area contributed by atoms with Crippen LogP contribution in [-0.4, -0.2) is 19.3 Å². The van der Waals surface area contributed by atoms with Gasteiger partial charge < -0.3 is 9.73 Å². The molecule has 0 saturated carbocycles. The van der Waals surface area contributed by atoms with Gasteiger partial charge in [0, 0.05) is 16.3 Å². The smallest absolute Gasteiger partial charge is 0.241 e. The topological polar surface area (TPSA) is 115 Å². The molecular weight excluding hydrogens is 438 g/mol. The molecule has 158 valence electrons. The van der Waals surface area contributed by atoms with E-state index in [0.717, 1.165) is 5.56 Å². The second-order valence-electron chi connectivity index (χ2n) is 7.07. The molecule has 3 aromatic carbocycles. The van der Waals surface area contributed by atoms with Gasteiger partial charge in [-0.15, -0.1) is 0 Å². The van der Waals surface area contributed by atoms with Crippen molar-refractivity contribution in [3.05, 3.63) is 76.8 Å². The number of hydrogen-bond acceptors (Lipinski definition) is 5. The van der Waals surface area contributed by atoms with Gasteiger partial charge in [0.15, 0.2) is 5.58 Å². The van der Waals surface area contributed by atoms with Crippen molar-refractivity contribution < 1.29 is 17.6 Å². The summed E-state index contributed by atoms with van der Waals surface area (Å²) in [4.78, 5) is 16.6. The molecule has 0 aliphatic rings. The molecule has 1 aromatic heterocycles. The maximum atomic E-state index is 12.5. The van der Waals surface area contributed by atoms with E-state index in [4.69, 9.17) is 21.2 Å². The first-order valence-electron chi connectivity index (χ1n) is 9.28. The second-order valence-corrected chi connectivity index (χ2v) is 9.01. The number of benzene rings is 3. The van der Waals surface area contributed by atoms with Gasteiger partial charge in [-0.1, -0.05) is 47.5 Å². The van der Waals surface area contributed by atoms with Gasteiger partial charge in [-0.05, 0) is 42.8 Å². The molecule has 1 amide bonds. The predicted molar refractivity (Wildman–Crippen MR) is 119 cm³/mol. The number of halogens is 1. The number of rotatable bonds is 5. The van der Waals surface area contributed by atoms with E-state index in [1.807, 2.05) is 31.2 Å². The Bertz CT molecular complexity index is 1400. The van der Waals surface area contributed by atoms with Crippen LogP contribution >= 0.6 is 11.6 Å². The molecule has 0 fully saturated rings. The van der Waals surface area contributed by atoms with E-state index in [1.165, 1.54) is 12.1 Å². The maximum Gasteiger partial charge on any atom is 0.241 e. The van der Waals surface area contributed by atoms with Crippen LogP contribution in [0, 0.1) is 6.92 Å². The van der Waals surface area contributed by atoms with E-state index < -0.39 is 10.0 Å². The number of oxazole rings is 1. The largest absolute Gasteiger partial charge is 0.435 e. The van der Waals surface area contributed by atoms with Gasteiger partial charge in [0.25, 0.3) is 0 Å². The number of hydrogen-bond donors (Lipinski definition) is 2. The second kappa shape index (κ2) is 8.14. The number of nitrogens with two attached hydrogens (primary N) is 1. The van der Waals surface area contributed by atoms with E-state index in [-0.39, 0.29) is 39.9 Å². The van der Waals surface area contributed by atoms with Gasteiger partial charge in [-0.25, -0.2) is 18.5 Å². The highest BCUT2D eigenvalue weighted by Crippen LogP contribution is 2.31. The number of fused-ring (bicyclic) bond motifs is 1. The van der Waals surface area contributed by atoms with E-state index in [0.29, 0.717) is 16.1 Å². The van der Waals surface area contributed by atoms with E-state index in [2.05, 4.69) is 10.3 Å². The number of anilines is 1. The Kier molecular flexibility index (Phi) is 5.53. The molecule has 0 atom stereocenters. The molecule has 3 N–H and O–H groups in total. The molecule has 4 aromatic rings. The quantitative estimate of drug-likeness (QED) is 0.466. The summed E-state index contributed by atoms with van der Waals surface area (Å²) in [5.74, 6) is -0.116. The van der Waals surface area contributed by atoms with Crippen LogP contribution in [0.25, 0.3) is 22.6 Å². The van der Waals surface area contributed by atoms with Crippen LogP contribution in [0.15, 0.2) is 70.0 Å². The summed E-state index contributed by atoms with van der Waals surface area (Å²) in [6, 6.07) is 17.2. The highest BCUT2D eigenvalue weighted by Gasteiger charge is 2.21. The molecule has 7 nitrogen and oxygen atoms in total. The lowest BCUT2D eigenvalue weighted by atomic mass is 10.1. The third kappa shape index (κ3) is 4.61. The van der Waals surface area contributed by atoms with Gasteiger partial charge in [0.1, 0.15) is 10.4 Å². The summed E-state index contributed by atoms with van der Waals surface area (Å²) >= 11 is 6.11. The first-order chi connectivity index (χ1) is 14.7. The number of nitrogens with zero attached hydrogens (tertiary/aromatic N) is 1. The fraction of sp³-hybridized carbons (Fsp3) is 0.0909. The Morgan fingerprint density at radius 2 is 1.84 bits per heavy atom. The normalized spacial score (nSPS) is 11.6. The molecular formula is C22H18ClN3O4S. The van der Waals surface area contributed by atoms with Gasteiger partial charge in [0.05, 0.1) is 6.42 Å². The number of carbonyl (C=O) groups is 1. The zero-order chi connectivity index (χ0) is 22.2. The number of aryl methyl sites for hydroxylation is 1. The van der Waals surface area contributed by atoms with Gasteiger partial charge in [0.2, 0.25) is 21.8 Å².